The molecule has 8 nitrogen and oxygen atoms in total. The molecule has 0 spiro atoms. The Bertz CT molecular complexity index is 1660. The Labute approximate surface area is 229 Å². The Morgan fingerprint density at radius 1 is 1.10 bits per heavy atom. The zero-order valence-corrected chi connectivity index (χ0v) is 21.4. The molecule has 4 heterocycles. The number of benzene rings is 2. The van der Waals surface area contributed by atoms with Crippen molar-refractivity contribution in [1.29, 1.82) is 0 Å². The van der Waals surface area contributed by atoms with Gasteiger partial charge in [0, 0.05) is 39.2 Å². The fourth-order valence-corrected chi connectivity index (χ4v) is 5.51. The standard InChI is InChI=1S/C27H21ClF4N6O2/c28-18-6-5-15(29)10-16(18)24-23-17(25(39)37-24)8-14(13-4-7-22-33-12-34-38(22)11-13)9-20(23)36-26(40)19-2-1-3-21(35-19)27(30,31)32/h4-12,19,21,24,35H,1-3H2,(H,36,40)(H,37,39). The topological polar surface area (TPSA) is 100 Å². The first-order valence-corrected chi connectivity index (χ1v) is 12.8. The third-order valence-electron chi connectivity index (χ3n) is 7.22. The molecule has 206 valence electrons. The van der Waals surface area contributed by atoms with Gasteiger partial charge in [-0.1, -0.05) is 11.6 Å². The highest BCUT2D eigenvalue weighted by molar-refractivity contribution is 6.31. The number of aromatic nitrogens is 3. The number of halogens is 5. The lowest BCUT2D eigenvalue weighted by Crippen LogP contribution is -2.54. The number of anilines is 1. The van der Waals surface area contributed by atoms with Gasteiger partial charge in [0.15, 0.2) is 5.65 Å². The highest BCUT2D eigenvalue weighted by Gasteiger charge is 2.43. The lowest BCUT2D eigenvalue weighted by molar-refractivity contribution is -0.164. The molecule has 13 heteroatoms. The van der Waals surface area contributed by atoms with Crippen molar-refractivity contribution in [3.63, 3.8) is 0 Å². The van der Waals surface area contributed by atoms with E-state index in [2.05, 4.69) is 26.0 Å². The quantitative estimate of drug-likeness (QED) is 0.298. The summed E-state index contributed by atoms with van der Waals surface area (Å²) < 4.78 is 55.8. The molecule has 1 saturated heterocycles. The maximum absolute atomic E-state index is 14.2. The lowest BCUT2D eigenvalue weighted by Gasteiger charge is -2.31. The second-order valence-corrected chi connectivity index (χ2v) is 10.2. The Morgan fingerprint density at radius 3 is 2.73 bits per heavy atom. The van der Waals surface area contributed by atoms with Crippen LogP contribution in [0.15, 0.2) is 55.0 Å². The van der Waals surface area contributed by atoms with E-state index in [0.29, 0.717) is 22.3 Å². The number of alkyl halides is 3. The summed E-state index contributed by atoms with van der Waals surface area (Å²) in [4.78, 5) is 30.6. The number of nitrogens with zero attached hydrogens (tertiary/aromatic N) is 3. The number of fused-ring (bicyclic) bond motifs is 2. The van der Waals surface area contributed by atoms with E-state index in [0.717, 1.165) is 0 Å². The number of amides is 2. The van der Waals surface area contributed by atoms with Gasteiger partial charge in [-0.3, -0.25) is 14.9 Å². The molecule has 3 N–H and O–H groups in total. The summed E-state index contributed by atoms with van der Waals surface area (Å²) in [5.74, 6) is -1.73. The molecule has 3 unspecified atom stereocenters. The molecule has 0 bridgehead atoms. The van der Waals surface area contributed by atoms with E-state index in [9.17, 15) is 27.2 Å². The van der Waals surface area contributed by atoms with E-state index in [1.807, 2.05) is 0 Å². The molecule has 2 amide bonds. The van der Waals surface area contributed by atoms with Gasteiger partial charge in [0.1, 0.15) is 18.2 Å². The summed E-state index contributed by atoms with van der Waals surface area (Å²) in [6, 6.07) is 6.67. The molecule has 0 aliphatic carbocycles. The maximum atomic E-state index is 14.2. The Kier molecular flexibility index (Phi) is 6.46. The fourth-order valence-electron chi connectivity index (χ4n) is 5.28. The van der Waals surface area contributed by atoms with Gasteiger partial charge in [0.25, 0.3) is 5.91 Å². The molecule has 6 rings (SSSR count). The van der Waals surface area contributed by atoms with Gasteiger partial charge >= 0.3 is 6.18 Å². The molecule has 0 saturated carbocycles. The van der Waals surface area contributed by atoms with Crippen LogP contribution in [-0.2, 0) is 4.79 Å². The van der Waals surface area contributed by atoms with E-state index >= 15 is 0 Å². The van der Waals surface area contributed by atoms with Crippen LogP contribution in [0.3, 0.4) is 0 Å². The second kappa shape index (κ2) is 9.86. The number of pyridine rings is 1. The van der Waals surface area contributed by atoms with Gasteiger partial charge in [0.2, 0.25) is 5.91 Å². The Hall–Kier alpha value is -4.03. The molecule has 2 aliphatic rings. The largest absolute Gasteiger partial charge is 0.403 e. The number of hydrogen-bond donors (Lipinski definition) is 3. The van der Waals surface area contributed by atoms with Crippen molar-refractivity contribution in [2.45, 2.75) is 43.6 Å². The van der Waals surface area contributed by atoms with Crippen LogP contribution in [0, 0.1) is 5.82 Å². The lowest BCUT2D eigenvalue weighted by atomic mass is 9.92. The van der Waals surface area contributed by atoms with E-state index < -0.39 is 41.9 Å². The summed E-state index contributed by atoms with van der Waals surface area (Å²) in [5, 5.41) is 12.3. The van der Waals surface area contributed by atoms with Crippen LogP contribution in [0.5, 0.6) is 0 Å². The first-order chi connectivity index (χ1) is 19.1. The zero-order valence-electron chi connectivity index (χ0n) is 20.6. The van der Waals surface area contributed by atoms with Crippen LogP contribution in [0.25, 0.3) is 16.8 Å². The van der Waals surface area contributed by atoms with Crippen LogP contribution in [0.2, 0.25) is 5.02 Å². The van der Waals surface area contributed by atoms with Crippen LogP contribution in [-0.4, -0.2) is 44.7 Å². The Morgan fingerprint density at radius 2 is 1.93 bits per heavy atom. The maximum Gasteiger partial charge on any atom is 0.403 e. The molecule has 2 aromatic heterocycles. The minimum Gasteiger partial charge on any atom is -0.341 e. The van der Waals surface area contributed by atoms with Gasteiger partial charge in [-0.25, -0.2) is 13.9 Å². The van der Waals surface area contributed by atoms with E-state index in [1.54, 1.807) is 35.0 Å². The highest BCUT2D eigenvalue weighted by Crippen LogP contribution is 2.42. The average Bonchev–Trinajstić information content (AvgIpc) is 3.53. The molecule has 4 aromatic rings. The minimum atomic E-state index is -4.49. The number of piperidine rings is 1. The first-order valence-electron chi connectivity index (χ1n) is 12.5. The molecule has 1 fully saturated rings. The average molecular weight is 573 g/mol. The van der Waals surface area contributed by atoms with Gasteiger partial charge in [-0.2, -0.15) is 18.3 Å². The summed E-state index contributed by atoms with van der Waals surface area (Å²) >= 11 is 6.36. The molecule has 0 radical (unpaired) electrons. The highest BCUT2D eigenvalue weighted by atomic mass is 35.5. The van der Waals surface area contributed by atoms with Gasteiger partial charge in [-0.15, -0.1) is 0 Å². The molecule has 3 atom stereocenters. The summed E-state index contributed by atoms with van der Waals surface area (Å²) in [7, 11) is 0. The van der Waals surface area contributed by atoms with Crippen molar-refractivity contribution in [3.05, 3.63) is 82.5 Å². The van der Waals surface area contributed by atoms with E-state index in [-0.39, 0.29) is 41.1 Å². The van der Waals surface area contributed by atoms with E-state index in [1.165, 1.54) is 24.5 Å². The minimum absolute atomic E-state index is 0.124. The molecular weight excluding hydrogens is 552 g/mol. The van der Waals surface area contributed by atoms with Crippen LogP contribution in [0.1, 0.15) is 46.8 Å². The number of carbonyl (C=O) groups excluding carboxylic acids is 2. The molecule has 2 aromatic carbocycles. The summed E-state index contributed by atoms with van der Waals surface area (Å²) in [6.07, 6.45) is -1.11. The van der Waals surface area contributed by atoms with Crippen molar-refractivity contribution < 1.29 is 27.2 Å². The normalized spacial score (nSPS) is 20.8. The number of hydrogen-bond acceptors (Lipinski definition) is 5. The Balaban J connectivity index is 1.44. The monoisotopic (exact) mass is 572 g/mol. The van der Waals surface area contributed by atoms with Crippen molar-refractivity contribution in [1.82, 2.24) is 25.2 Å². The second-order valence-electron chi connectivity index (χ2n) is 9.77. The predicted molar refractivity (Wildman–Crippen MR) is 138 cm³/mol. The third-order valence-corrected chi connectivity index (χ3v) is 7.57. The van der Waals surface area contributed by atoms with Crippen LogP contribution >= 0.6 is 11.6 Å². The number of rotatable bonds is 4. The number of carbonyl (C=O) groups is 2. The van der Waals surface area contributed by atoms with Crippen molar-refractivity contribution in [3.8, 4) is 11.1 Å². The molecule has 40 heavy (non-hydrogen) atoms. The summed E-state index contributed by atoms with van der Waals surface area (Å²) in [6.45, 7) is 0. The van der Waals surface area contributed by atoms with Gasteiger partial charge in [0.05, 0.1) is 12.1 Å². The predicted octanol–water partition coefficient (Wildman–Crippen LogP) is 5.03. The van der Waals surface area contributed by atoms with Crippen LogP contribution < -0.4 is 16.0 Å². The summed E-state index contributed by atoms with van der Waals surface area (Å²) in [5.41, 5.74) is 2.78. The van der Waals surface area contributed by atoms with Crippen molar-refractivity contribution in [2.24, 2.45) is 0 Å². The first kappa shape index (κ1) is 26.2. The van der Waals surface area contributed by atoms with Crippen LogP contribution in [0.4, 0.5) is 23.2 Å². The van der Waals surface area contributed by atoms with E-state index in [4.69, 9.17) is 11.6 Å². The van der Waals surface area contributed by atoms with Gasteiger partial charge in [-0.05, 0) is 67.3 Å². The zero-order chi connectivity index (χ0) is 28.2. The fraction of sp³-hybridized carbons (Fsp3) is 0.259. The molecule has 2 aliphatic heterocycles. The molecular formula is C27H21ClF4N6O2. The smallest absolute Gasteiger partial charge is 0.341 e. The SMILES string of the molecule is O=C1NC(c2cc(F)ccc2Cl)c2c(NC(=O)C3CCCC(C(F)(F)F)N3)cc(-c3ccc4ncnn4c3)cc21. The van der Waals surface area contributed by atoms with Gasteiger partial charge < -0.3 is 10.6 Å². The third kappa shape index (κ3) is 4.77. The van der Waals surface area contributed by atoms with Crippen molar-refractivity contribution in [2.75, 3.05) is 5.32 Å². The van der Waals surface area contributed by atoms with Crippen molar-refractivity contribution >= 4 is 34.7 Å². The number of nitrogens with one attached hydrogen (secondary N) is 3.